The second-order valence-corrected chi connectivity index (χ2v) is 9.27. The van der Waals surface area contributed by atoms with Gasteiger partial charge in [-0.15, -0.1) is 0 Å². The zero-order valence-electron chi connectivity index (χ0n) is 18.8. The van der Waals surface area contributed by atoms with Crippen LogP contribution in [0.15, 0.2) is 24.3 Å². The van der Waals surface area contributed by atoms with Crippen molar-refractivity contribution >= 4 is 17.7 Å². The number of carbonyl (C=O) groups is 3. The van der Waals surface area contributed by atoms with Gasteiger partial charge in [-0.2, -0.15) is 0 Å². The van der Waals surface area contributed by atoms with E-state index in [1.165, 1.54) is 0 Å². The summed E-state index contributed by atoms with van der Waals surface area (Å²) >= 11 is 0. The minimum atomic E-state index is -0.576. The summed E-state index contributed by atoms with van der Waals surface area (Å²) in [5.74, 6) is -0.0949. The number of carbonyl (C=O) groups excluding carboxylic acids is 3. The lowest BCUT2D eigenvalue weighted by Gasteiger charge is -2.25. The SMILES string of the molecule is CC(C)C[C@@H](NC(=O)c1ccccc1OCC(=O)NC(C)(C)C)C(=O)N1CCCC1. The smallest absolute Gasteiger partial charge is 0.258 e. The number of ether oxygens (including phenoxy) is 1. The molecule has 0 unspecified atom stereocenters. The number of hydrogen-bond acceptors (Lipinski definition) is 4. The van der Waals surface area contributed by atoms with Crippen molar-refractivity contribution in [3.8, 4) is 5.75 Å². The third-order valence-corrected chi connectivity index (χ3v) is 4.73. The van der Waals surface area contributed by atoms with Crippen LogP contribution in [-0.2, 0) is 9.59 Å². The van der Waals surface area contributed by atoms with E-state index < -0.39 is 6.04 Å². The van der Waals surface area contributed by atoms with Gasteiger partial charge in [0.2, 0.25) is 5.91 Å². The van der Waals surface area contributed by atoms with Gasteiger partial charge in [0.1, 0.15) is 11.8 Å². The van der Waals surface area contributed by atoms with Crippen molar-refractivity contribution in [2.45, 2.75) is 65.5 Å². The molecular formula is C23H35N3O4. The Kier molecular flexibility index (Phi) is 8.26. The molecule has 7 nitrogen and oxygen atoms in total. The summed E-state index contributed by atoms with van der Waals surface area (Å²) in [6.45, 7) is 11.0. The van der Waals surface area contributed by atoms with E-state index in [1.54, 1.807) is 24.3 Å². The average molecular weight is 418 g/mol. The lowest BCUT2D eigenvalue weighted by atomic mass is 10.0. The Morgan fingerprint density at radius 2 is 1.73 bits per heavy atom. The standard InChI is InChI=1S/C23H35N3O4/c1-16(2)14-18(22(29)26-12-8-9-13-26)24-21(28)17-10-6-7-11-19(17)30-15-20(27)25-23(3,4)5/h6-7,10-11,16,18H,8-9,12-15H2,1-5H3,(H,24,28)(H,25,27)/t18-/m1/s1. The Morgan fingerprint density at radius 1 is 1.10 bits per heavy atom. The van der Waals surface area contributed by atoms with E-state index in [0.29, 0.717) is 17.7 Å². The molecular weight excluding hydrogens is 382 g/mol. The first kappa shape index (κ1) is 23.7. The van der Waals surface area contributed by atoms with Crippen molar-refractivity contribution in [1.82, 2.24) is 15.5 Å². The van der Waals surface area contributed by atoms with Gasteiger partial charge in [0.15, 0.2) is 6.61 Å². The molecule has 2 rings (SSSR count). The zero-order chi connectivity index (χ0) is 22.3. The van der Waals surface area contributed by atoms with Crippen LogP contribution in [0, 0.1) is 5.92 Å². The van der Waals surface area contributed by atoms with Crippen molar-refractivity contribution in [3.05, 3.63) is 29.8 Å². The number of nitrogens with zero attached hydrogens (tertiary/aromatic N) is 1. The monoisotopic (exact) mass is 417 g/mol. The highest BCUT2D eigenvalue weighted by Crippen LogP contribution is 2.20. The van der Waals surface area contributed by atoms with Crippen molar-refractivity contribution < 1.29 is 19.1 Å². The third kappa shape index (κ3) is 7.35. The molecule has 30 heavy (non-hydrogen) atoms. The Morgan fingerprint density at radius 3 is 2.33 bits per heavy atom. The number of rotatable bonds is 8. The van der Waals surface area contributed by atoms with E-state index in [2.05, 4.69) is 10.6 Å². The van der Waals surface area contributed by atoms with Gasteiger partial charge in [-0.25, -0.2) is 0 Å². The molecule has 3 amide bonds. The fourth-order valence-electron chi connectivity index (χ4n) is 3.46. The normalized spacial score (nSPS) is 15.1. The van der Waals surface area contributed by atoms with Crippen molar-refractivity contribution in [2.24, 2.45) is 5.92 Å². The van der Waals surface area contributed by atoms with Crippen molar-refractivity contribution in [3.63, 3.8) is 0 Å². The number of benzene rings is 1. The predicted octanol–water partition coefficient (Wildman–Crippen LogP) is 2.75. The fraction of sp³-hybridized carbons (Fsp3) is 0.609. The molecule has 1 heterocycles. The van der Waals surface area contributed by atoms with Gasteiger partial charge in [-0.1, -0.05) is 26.0 Å². The quantitative estimate of drug-likeness (QED) is 0.681. The highest BCUT2D eigenvalue weighted by Gasteiger charge is 2.29. The maximum Gasteiger partial charge on any atom is 0.258 e. The Hall–Kier alpha value is -2.57. The maximum absolute atomic E-state index is 13.0. The molecule has 1 atom stereocenters. The number of likely N-dealkylation sites (tertiary alicyclic amines) is 1. The summed E-state index contributed by atoms with van der Waals surface area (Å²) in [6.07, 6.45) is 2.57. The molecule has 1 saturated heterocycles. The lowest BCUT2D eigenvalue weighted by molar-refractivity contribution is -0.132. The average Bonchev–Trinajstić information content (AvgIpc) is 3.18. The summed E-state index contributed by atoms with van der Waals surface area (Å²) in [5, 5.41) is 5.72. The first-order valence-electron chi connectivity index (χ1n) is 10.7. The molecule has 166 valence electrons. The molecule has 2 N–H and O–H groups in total. The van der Waals surface area contributed by atoms with Gasteiger partial charge in [0.25, 0.3) is 11.8 Å². The largest absolute Gasteiger partial charge is 0.483 e. The first-order valence-corrected chi connectivity index (χ1v) is 10.7. The van der Waals surface area contributed by atoms with Crippen LogP contribution in [0.2, 0.25) is 0 Å². The molecule has 0 bridgehead atoms. The maximum atomic E-state index is 13.0. The second kappa shape index (κ2) is 10.5. The molecule has 0 aliphatic carbocycles. The zero-order valence-corrected chi connectivity index (χ0v) is 18.8. The molecule has 0 spiro atoms. The molecule has 1 aliphatic rings. The molecule has 0 aromatic heterocycles. The molecule has 7 heteroatoms. The van der Waals surface area contributed by atoms with Crippen molar-refractivity contribution in [1.29, 1.82) is 0 Å². The van der Waals surface area contributed by atoms with E-state index in [0.717, 1.165) is 25.9 Å². The number of nitrogens with one attached hydrogen (secondary N) is 2. The fourth-order valence-corrected chi connectivity index (χ4v) is 3.46. The van der Waals surface area contributed by atoms with E-state index in [4.69, 9.17) is 4.74 Å². The number of para-hydroxylation sites is 1. The summed E-state index contributed by atoms with van der Waals surface area (Å²) < 4.78 is 5.62. The molecule has 1 fully saturated rings. The van der Waals surface area contributed by atoms with Crippen LogP contribution >= 0.6 is 0 Å². The Bertz CT molecular complexity index is 749. The van der Waals surface area contributed by atoms with Crippen LogP contribution in [0.5, 0.6) is 5.75 Å². The summed E-state index contributed by atoms with van der Waals surface area (Å²) in [4.78, 5) is 39.8. The van der Waals surface area contributed by atoms with Gasteiger partial charge >= 0.3 is 0 Å². The number of hydrogen-bond donors (Lipinski definition) is 2. The van der Waals surface area contributed by atoms with Gasteiger partial charge in [0, 0.05) is 18.6 Å². The minimum absolute atomic E-state index is 0.0301. The van der Waals surface area contributed by atoms with Crippen LogP contribution in [0.4, 0.5) is 0 Å². The van der Waals surface area contributed by atoms with Crippen LogP contribution in [0.1, 0.15) is 64.2 Å². The van der Waals surface area contributed by atoms with Gasteiger partial charge < -0.3 is 20.3 Å². The van der Waals surface area contributed by atoms with Gasteiger partial charge in [0.05, 0.1) is 5.56 Å². The van der Waals surface area contributed by atoms with Gasteiger partial charge in [-0.05, 0) is 58.1 Å². The Balaban J connectivity index is 2.08. The summed E-state index contributed by atoms with van der Waals surface area (Å²) in [7, 11) is 0. The molecule has 0 saturated carbocycles. The highest BCUT2D eigenvalue weighted by molar-refractivity contribution is 5.99. The van der Waals surface area contributed by atoms with Crippen LogP contribution in [0.25, 0.3) is 0 Å². The topological polar surface area (TPSA) is 87.7 Å². The predicted molar refractivity (Wildman–Crippen MR) is 116 cm³/mol. The third-order valence-electron chi connectivity index (χ3n) is 4.73. The van der Waals surface area contributed by atoms with E-state index in [-0.39, 0.29) is 35.8 Å². The second-order valence-electron chi connectivity index (χ2n) is 9.27. The van der Waals surface area contributed by atoms with Crippen molar-refractivity contribution in [2.75, 3.05) is 19.7 Å². The molecule has 1 aromatic carbocycles. The number of amides is 3. The van der Waals surface area contributed by atoms with E-state index >= 15 is 0 Å². The first-order chi connectivity index (χ1) is 14.1. The van der Waals surface area contributed by atoms with Crippen LogP contribution in [0.3, 0.4) is 0 Å². The molecule has 1 aliphatic heterocycles. The van der Waals surface area contributed by atoms with E-state index in [1.807, 2.05) is 39.5 Å². The Labute approximate surface area is 179 Å². The molecule has 0 radical (unpaired) electrons. The van der Waals surface area contributed by atoms with E-state index in [9.17, 15) is 14.4 Å². The summed E-state index contributed by atoms with van der Waals surface area (Å²) in [6, 6.07) is 6.19. The van der Waals surface area contributed by atoms with Crippen LogP contribution < -0.4 is 15.4 Å². The lowest BCUT2D eigenvalue weighted by Crippen LogP contribution is -2.48. The van der Waals surface area contributed by atoms with Gasteiger partial charge in [-0.3, -0.25) is 14.4 Å². The minimum Gasteiger partial charge on any atom is -0.483 e. The summed E-state index contributed by atoms with van der Waals surface area (Å²) in [5.41, 5.74) is -0.0545. The highest BCUT2D eigenvalue weighted by atomic mass is 16.5. The van der Waals surface area contributed by atoms with Crippen LogP contribution in [-0.4, -0.2) is 53.9 Å². The molecule has 1 aromatic rings.